The van der Waals surface area contributed by atoms with Gasteiger partial charge in [0.1, 0.15) is 0 Å². The first kappa shape index (κ1) is 16.5. The van der Waals surface area contributed by atoms with Crippen molar-refractivity contribution in [1.29, 1.82) is 0 Å². The summed E-state index contributed by atoms with van der Waals surface area (Å²) < 4.78 is 7.44. The highest BCUT2D eigenvalue weighted by molar-refractivity contribution is 6.04. The Bertz CT molecular complexity index is 866. The predicted molar refractivity (Wildman–Crippen MR) is 101 cm³/mol. The van der Waals surface area contributed by atoms with Crippen molar-refractivity contribution in [2.75, 3.05) is 11.9 Å². The molecule has 1 fully saturated rings. The van der Waals surface area contributed by atoms with Crippen molar-refractivity contribution in [2.45, 2.75) is 25.5 Å². The van der Waals surface area contributed by atoms with Gasteiger partial charge in [0.15, 0.2) is 0 Å². The minimum absolute atomic E-state index is 0.138. The fraction of sp³-hybridized carbons (Fsp3) is 0.238. The van der Waals surface area contributed by atoms with Crippen LogP contribution >= 0.6 is 0 Å². The van der Waals surface area contributed by atoms with Gasteiger partial charge in [-0.25, -0.2) is 0 Å². The lowest BCUT2D eigenvalue weighted by molar-refractivity contribution is 0.0940. The maximum absolute atomic E-state index is 12.4. The fourth-order valence-corrected chi connectivity index (χ4v) is 3.17. The number of rotatable bonds is 5. The van der Waals surface area contributed by atoms with Crippen LogP contribution < -0.4 is 5.32 Å². The summed E-state index contributed by atoms with van der Waals surface area (Å²) in [5.41, 5.74) is 3.54. The molecule has 0 saturated carbocycles. The van der Waals surface area contributed by atoms with Gasteiger partial charge in [0.05, 0.1) is 24.5 Å². The van der Waals surface area contributed by atoms with E-state index in [1.165, 1.54) is 0 Å². The average molecular weight is 347 g/mol. The number of nitrogens with one attached hydrogen (secondary N) is 1. The number of amides is 1. The summed E-state index contributed by atoms with van der Waals surface area (Å²) in [4.78, 5) is 12.4. The normalized spacial score (nSPS) is 16.5. The van der Waals surface area contributed by atoms with E-state index in [0.29, 0.717) is 11.3 Å². The zero-order chi connectivity index (χ0) is 17.8. The summed E-state index contributed by atoms with van der Waals surface area (Å²) >= 11 is 0. The predicted octanol–water partition coefficient (Wildman–Crippen LogP) is 3.98. The highest BCUT2D eigenvalue weighted by atomic mass is 16.5. The summed E-state index contributed by atoms with van der Waals surface area (Å²) in [6.07, 6.45) is 5.91. The smallest absolute Gasteiger partial charge is 0.255 e. The van der Waals surface area contributed by atoms with Gasteiger partial charge < -0.3 is 10.1 Å². The molecule has 3 aromatic rings. The van der Waals surface area contributed by atoms with Crippen molar-refractivity contribution >= 4 is 11.6 Å². The second-order valence-corrected chi connectivity index (χ2v) is 6.48. The topological polar surface area (TPSA) is 56.2 Å². The van der Waals surface area contributed by atoms with E-state index in [2.05, 4.69) is 22.5 Å². The van der Waals surface area contributed by atoms with Crippen molar-refractivity contribution in [3.8, 4) is 11.1 Å². The van der Waals surface area contributed by atoms with Crippen LogP contribution in [0.4, 0.5) is 5.69 Å². The largest absolute Gasteiger partial charge is 0.376 e. The first-order valence-corrected chi connectivity index (χ1v) is 8.89. The Hall–Kier alpha value is -2.92. The number of hydrogen-bond acceptors (Lipinski definition) is 3. The minimum Gasteiger partial charge on any atom is -0.376 e. The number of nitrogens with zero attached hydrogens (tertiary/aromatic N) is 2. The minimum atomic E-state index is -0.138. The Kier molecular flexibility index (Phi) is 4.80. The van der Waals surface area contributed by atoms with Crippen molar-refractivity contribution in [1.82, 2.24) is 9.78 Å². The van der Waals surface area contributed by atoms with E-state index < -0.39 is 0 Å². The molecule has 5 heteroatoms. The molecule has 1 aliphatic heterocycles. The molecule has 1 saturated heterocycles. The number of carbonyl (C=O) groups is 1. The van der Waals surface area contributed by atoms with Gasteiger partial charge in [-0.2, -0.15) is 5.10 Å². The Morgan fingerprint density at radius 2 is 1.88 bits per heavy atom. The van der Waals surface area contributed by atoms with Crippen LogP contribution in [0.5, 0.6) is 0 Å². The van der Waals surface area contributed by atoms with E-state index in [1.54, 1.807) is 6.20 Å². The van der Waals surface area contributed by atoms with Crippen molar-refractivity contribution in [2.24, 2.45) is 0 Å². The molecule has 0 bridgehead atoms. The molecule has 1 N–H and O–H groups in total. The standard InChI is InChI=1S/C21H21N3O2/c25-21(18-10-8-17(9-11-18)16-5-2-1-3-6-16)23-19-13-22-24(14-19)15-20-7-4-12-26-20/h1-3,5-6,8-11,13-14,20H,4,7,12,15H2,(H,23,25). The Balaban J connectivity index is 1.39. The van der Waals surface area contributed by atoms with Gasteiger partial charge in [-0.05, 0) is 36.1 Å². The summed E-state index contributed by atoms with van der Waals surface area (Å²) in [6.45, 7) is 1.55. The molecule has 1 aliphatic rings. The molecule has 1 amide bonds. The van der Waals surface area contributed by atoms with Crippen LogP contribution in [0.2, 0.25) is 0 Å². The van der Waals surface area contributed by atoms with Gasteiger partial charge in [0.25, 0.3) is 5.91 Å². The number of hydrogen-bond donors (Lipinski definition) is 1. The third-order valence-electron chi connectivity index (χ3n) is 4.56. The molecule has 1 aromatic heterocycles. The number of carbonyl (C=O) groups excluding carboxylic acids is 1. The van der Waals surface area contributed by atoms with Crippen LogP contribution in [-0.4, -0.2) is 28.4 Å². The van der Waals surface area contributed by atoms with Crippen LogP contribution in [0.25, 0.3) is 11.1 Å². The molecule has 2 heterocycles. The van der Waals surface area contributed by atoms with Gasteiger partial charge in [-0.15, -0.1) is 0 Å². The van der Waals surface area contributed by atoms with E-state index in [1.807, 2.05) is 53.3 Å². The number of aromatic nitrogens is 2. The van der Waals surface area contributed by atoms with E-state index in [9.17, 15) is 4.79 Å². The van der Waals surface area contributed by atoms with Crippen molar-refractivity contribution in [3.63, 3.8) is 0 Å². The number of ether oxygens (including phenoxy) is 1. The lowest BCUT2D eigenvalue weighted by Gasteiger charge is -2.08. The highest BCUT2D eigenvalue weighted by Crippen LogP contribution is 2.20. The lowest BCUT2D eigenvalue weighted by atomic mass is 10.0. The maximum atomic E-state index is 12.4. The molecule has 1 atom stereocenters. The third-order valence-corrected chi connectivity index (χ3v) is 4.56. The molecule has 26 heavy (non-hydrogen) atoms. The summed E-state index contributed by atoms with van der Waals surface area (Å²) in [6, 6.07) is 17.7. The first-order chi connectivity index (χ1) is 12.8. The second-order valence-electron chi connectivity index (χ2n) is 6.48. The average Bonchev–Trinajstić information content (AvgIpc) is 3.35. The van der Waals surface area contributed by atoms with Gasteiger partial charge in [-0.1, -0.05) is 42.5 Å². The van der Waals surface area contributed by atoms with Crippen LogP contribution in [0.3, 0.4) is 0 Å². The van der Waals surface area contributed by atoms with Crippen LogP contribution in [0, 0.1) is 0 Å². The monoisotopic (exact) mass is 347 g/mol. The molecule has 2 aromatic carbocycles. The van der Waals surface area contributed by atoms with Crippen molar-refractivity contribution < 1.29 is 9.53 Å². The van der Waals surface area contributed by atoms with Gasteiger partial charge in [0.2, 0.25) is 0 Å². The summed E-state index contributed by atoms with van der Waals surface area (Å²) in [7, 11) is 0. The van der Waals surface area contributed by atoms with E-state index in [0.717, 1.165) is 37.1 Å². The molecule has 5 nitrogen and oxygen atoms in total. The number of anilines is 1. The second kappa shape index (κ2) is 7.54. The lowest BCUT2D eigenvalue weighted by Crippen LogP contribution is -2.15. The fourth-order valence-electron chi connectivity index (χ4n) is 3.17. The zero-order valence-electron chi connectivity index (χ0n) is 14.5. The Morgan fingerprint density at radius 3 is 2.62 bits per heavy atom. The van der Waals surface area contributed by atoms with E-state index in [-0.39, 0.29) is 12.0 Å². The SMILES string of the molecule is O=C(Nc1cnn(CC2CCCO2)c1)c1ccc(-c2ccccc2)cc1. The zero-order valence-corrected chi connectivity index (χ0v) is 14.5. The molecule has 4 rings (SSSR count). The molecular weight excluding hydrogens is 326 g/mol. The van der Waals surface area contributed by atoms with Crippen LogP contribution in [0.15, 0.2) is 67.0 Å². The van der Waals surface area contributed by atoms with E-state index >= 15 is 0 Å². The first-order valence-electron chi connectivity index (χ1n) is 8.89. The Labute approximate surface area is 152 Å². The van der Waals surface area contributed by atoms with Gasteiger partial charge >= 0.3 is 0 Å². The van der Waals surface area contributed by atoms with Gasteiger partial charge in [0, 0.05) is 18.4 Å². The molecule has 0 radical (unpaired) electrons. The third kappa shape index (κ3) is 3.83. The molecular formula is C21H21N3O2. The molecule has 132 valence electrons. The molecule has 0 aliphatic carbocycles. The van der Waals surface area contributed by atoms with Crippen molar-refractivity contribution in [3.05, 3.63) is 72.6 Å². The van der Waals surface area contributed by atoms with Gasteiger partial charge in [-0.3, -0.25) is 9.48 Å². The Morgan fingerprint density at radius 1 is 1.12 bits per heavy atom. The van der Waals surface area contributed by atoms with E-state index in [4.69, 9.17) is 4.74 Å². The summed E-state index contributed by atoms with van der Waals surface area (Å²) in [5.74, 6) is -0.138. The van der Waals surface area contributed by atoms with Crippen LogP contribution in [0.1, 0.15) is 23.2 Å². The molecule has 1 unspecified atom stereocenters. The highest BCUT2D eigenvalue weighted by Gasteiger charge is 2.16. The molecule has 0 spiro atoms. The quantitative estimate of drug-likeness (QED) is 0.759. The van der Waals surface area contributed by atoms with Crippen LogP contribution in [-0.2, 0) is 11.3 Å². The maximum Gasteiger partial charge on any atom is 0.255 e. The summed E-state index contributed by atoms with van der Waals surface area (Å²) in [5, 5.41) is 7.20. The number of benzene rings is 2.